The summed E-state index contributed by atoms with van der Waals surface area (Å²) in [6.45, 7) is 1.79. The van der Waals surface area contributed by atoms with Gasteiger partial charge in [-0.15, -0.1) is 0 Å². The number of carbonyl (C=O) groups excluding carboxylic acids is 1. The Labute approximate surface area is 123 Å². The van der Waals surface area contributed by atoms with E-state index >= 15 is 0 Å². The summed E-state index contributed by atoms with van der Waals surface area (Å²) in [7, 11) is 0. The molecule has 0 aliphatic carbocycles. The Balaban J connectivity index is 1.64. The first-order valence-corrected chi connectivity index (χ1v) is 7.03. The van der Waals surface area contributed by atoms with Gasteiger partial charge in [0.25, 0.3) is 5.91 Å². The quantitative estimate of drug-likeness (QED) is 0.858. The number of rotatable bonds is 3. The van der Waals surface area contributed by atoms with Crippen molar-refractivity contribution in [1.82, 2.24) is 14.9 Å². The maximum Gasteiger partial charge on any atom is 0.255 e. The van der Waals surface area contributed by atoms with Crippen molar-refractivity contribution in [1.29, 1.82) is 0 Å². The second kappa shape index (κ2) is 6.45. The zero-order valence-electron chi connectivity index (χ0n) is 11.7. The van der Waals surface area contributed by atoms with Gasteiger partial charge in [0.05, 0.1) is 18.3 Å². The van der Waals surface area contributed by atoms with Crippen LogP contribution in [0.3, 0.4) is 0 Å². The largest absolute Gasteiger partial charge is 0.374 e. The van der Waals surface area contributed by atoms with Gasteiger partial charge in [-0.25, -0.2) is 0 Å². The summed E-state index contributed by atoms with van der Waals surface area (Å²) in [5, 5.41) is 0. The number of ether oxygens (including phenoxy) is 1. The zero-order valence-corrected chi connectivity index (χ0v) is 11.7. The van der Waals surface area contributed by atoms with Crippen molar-refractivity contribution in [2.75, 3.05) is 19.7 Å². The van der Waals surface area contributed by atoms with Crippen molar-refractivity contribution in [3.8, 4) is 0 Å². The van der Waals surface area contributed by atoms with Gasteiger partial charge in [-0.05, 0) is 23.8 Å². The lowest BCUT2D eigenvalue weighted by atomic mass is 10.1. The second-order valence-corrected chi connectivity index (χ2v) is 5.05. The lowest BCUT2D eigenvalue weighted by molar-refractivity contribution is -0.0208. The smallest absolute Gasteiger partial charge is 0.255 e. The molecule has 1 saturated heterocycles. The molecule has 1 aliphatic heterocycles. The van der Waals surface area contributed by atoms with Crippen LogP contribution in [-0.2, 0) is 11.2 Å². The van der Waals surface area contributed by atoms with E-state index in [9.17, 15) is 4.79 Å². The van der Waals surface area contributed by atoms with Gasteiger partial charge in [0.2, 0.25) is 0 Å². The Morgan fingerprint density at radius 3 is 2.76 bits per heavy atom. The summed E-state index contributed by atoms with van der Waals surface area (Å²) in [5.41, 5.74) is 1.75. The van der Waals surface area contributed by atoms with Crippen LogP contribution in [0.2, 0.25) is 0 Å². The minimum atomic E-state index is 0.0163. The molecule has 21 heavy (non-hydrogen) atoms. The molecule has 108 valence electrons. The predicted octanol–water partition coefficient (Wildman–Crippen LogP) is 1.56. The average molecular weight is 283 g/mol. The van der Waals surface area contributed by atoms with Crippen LogP contribution in [0.15, 0.2) is 49.1 Å². The van der Waals surface area contributed by atoms with Crippen molar-refractivity contribution in [3.05, 3.63) is 60.2 Å². The molecule has 3 heterocycles. The highest BCUT2D eigenvalue weighted by molar-refractivity contribution is 5.93. The molecule has 1 atom stereocenters. The van der Waals surface area contributed by atoms with Crippen LogP contribution < -0.4 is 0 Å². The molecule has 3 rings (SSSR count). The molecule has 2 aromatic heterocycles. The molecule has 5 nitrogen and oxygen atoms in total. The van der Waals surface area contributed by atoms with Crippen LogP contribution in [-0.4, -0.2) is 46.6 Å². The Bertz CT molecular complexity index is 589. The Kier molecular flexibility index (Phi) is 4.21. The SMILES string of the molecule is O=C(c1cccnc1)N1CCO[C@@H](Cc2cccnc2)C1. The summed E-state index contributed by atoms with van der Waals surface area (Å²) >= 11 is 0. The first-order chi connectivity index (χ1) is 10.3. The highest BCUT2D eigenvalue weighted by atomic mass is 16.5. The summed E-state index contributed by atoms with van der Waals surface area (Å²) in [4.78, 5) is 22.4. The molecule has 0 unspecified atom stereocenters. The van der Waals surface area contributed by atoms with E-state index in [4.69, 9.17) is 4.74 Å². The van der Waals surface area contributed by atoms with Gasteiger partial charge in [-0.2, -0.15) is 0 Å². The molecule has 0 spiro atoms. The monoisotopic (exact) mass is 283 g/mol. The van der Waals surface area contributed by atoms with Gasteiger partial charge in [0.15, 0.2) is 0 Å². The number of hydrogen-bond acceptors (Lipinski definition) is 4. The minimum absolute atomic E-state index is 0.0163. The predicted molar refractivity (Wildman–Crippen MR) is 77.8 cm³/mol. The van der Waals surface area contributed by atoms with E-state index in [2.05, 4.69) is 9.97 Å². The number of aromatic nitrogens is 2. The molecule has 2 aromatic rings. The van der Waals surface area contributed by atoms with Crippen molar-refractivity contribution >= 4 is 5.91 Å². The molecular formula is C16H17N3O2. The molecule has 0 aromatic carbocycles. The van der Waals surface area contributed by atoms with E-state index < -0.39 is 0 Å². The zero-order chi connectivity index (χ0) is 14.5. The third kappa shape index (κ3) is 3.44. The Hall–Kier alpha value is -2.27. The van der Waals surface area contributed by atoms with Crippen LogP contribution in [0, 0.1) is 0 Å². The van der Waals surface area contributed by atoms with Crippen molar-refractivity contribution in [2.45, 2.75) is 12.5 Å². The van der Waals surface area contributed by atoms with E-state index in [0.29, 0.717) is 25.3 Å². The number of pyridine rings is 2. The summed E-state index contributed by atoms with van der Waals surface area (Å²) in [6.07, 6.45) is 7.65. The van der Waals surface area contributed by atoms with Crippen LogP contribution in [0.25, 0.3) is 0 Å². The van der Waals surface area contributed by atoms with E-state index in [1.165, 1.54) is 0 Å². The molecule has 0 N–H and O–H groups in total. The number of nitrogens with zero attached hydrogens (tertiary/aromatic N) is 3. The molecule has 1 aliphatic rings. The fourth-order valence-electron chi connectivity index (χ4n) is 2.48. The highest BCUT2D eigenvalue weighted by Gasteiger charge is 2.25. The van der Waals surface area contributed by atoms with Crippen LogP contribution >= 0.6 is 0 Å². The maximum absolute atomic E-state index is 12.4. The molecule has 0 saturated carbocycles. The standard InChI is InChI=1S/C16H17N3O2/c20-16(14-4-2-6-18-11-14)19-7-8-21-15(12-19)9-13-3-1-5-17-10-13/h1-6,10-11,15H,7-9,12H2/t15-/m0/s1. The number of amides is 1. The number of morpholine rings is 1. The third-order valence-electron chi connectivity index (χ3n) is 3.52. The van der Waals surface area contributed by atoms with Gasteiger partial charge < -0.3 is 9.64 Å². The van der Waals surface area contributed by atoms with Gasteiger partial charge in [-0.1, -0.05) is 6.07 Å². The van der Waals surface area contributed by atoms with E-state index in [-0.39, 0.29) is 12.0 Å². The number of hydrogen-bond donors (Lipinski definition) is 0. The fourth-order valence-corrected chi connectivity index (χ4v) is 2.48. The fraction of sp³-hybridized carbons (Fsp3) is 0.312. The lowest BCUT2D eigenvalue weighted by Gasteiger charge is -2.33. The van der Waals surface area contributed by atoms with Crippen molar-refractivity contribution in [2.24, 2.45) is 0 Å². The van der Waals surface area contributed by atoms with E-state index in [0.717, 1.165) is 12.0 Å². The molecule has 5 heteroatoms. The van der Waals surface area contributed by atoms with E-state index in [1.54, 1.807) is 30.7 Å². The average Bonchev–Trinajstić information content (AvgIpc) is 2.56. The minimum Gasteiger partial charge on any atom is -0.374 e. The van der Waals surface area contributed by atoms with E-state index in [1.807, 2.05) is 23.2 Å². The Morgan fingerprint density at radius 1 is 1.24 bits per heavy atom. The summed E-state index contributed by atoms with van der Waals surface area (Å²) in [5.74, 6) is 0.0163. The molecule has 1 fully saturated rings. The van der Waals surface area contributed by atoms with Crippen LogP contribution in [0.5, 0.6) is 0 Å². The summed E-state index contributed by atoms with van der Waals surface area (Å²) < 4.78 is 5.76. The lowest BCUT2D eigenvalue weighted by Crippen LogP contribution is -2.46. The number of carbonyl (C=O) groups is 1. The molecular weight excluding hydrogens is 266 g/mol. The normalized spacial score (nSPS) is 18.5. The maximum atomic E-state index is 12.4. The van der Waals surface area contributed by atoms with Gasteiger partial charge in [-0.3, -0.25) is 14.8 Å². The molecule has 1 amide bonds. The molecule has 0 radical (unpaired) electrons. The Morgan fingerprint density at radius 2 is 2.05 bits per heavy atom. The van der Waals surface area contributed by atoms with Gasteiger partial charge in [0, 0.05) is 44.3 Å². The second-order valence-electron chi connectivity index (χ2n) is 5.05. The third-order valence-corrected chi connectivity index (χ3v) is 3.52. The molecule has 0 bridgehead atoms. The first kappa shape index (κ1) is 13.7. The van der Waals surface area contributed by atoms with Crippen LogP contribution in [0.1, 0.15) is 15.9 Å². The van der Waals surface area contributed by atoms with Crippen molar-refractivity contribution < 1.29 is 9.53 Å². The first-order valence-electron chi connectivity index (χ1n) is 7.03. The van der Waals surface area contributed by atoms with Crippen molar-refractivity contribution in [3.63, 3.8) is 0 Å². The topological polar surface area (TPSA) is 55.3 Å². The highest BCUT2D eigenvalue weighted by Crippen LogP contribution is 2.13. The summed E-state index contributed by atoms with van der Waals surface area (Å²) in [6, 6.07) is 7.51. The van der Waals surface area contributed by atoms with Crippen LogP contribution in [0.4, 0.5) is 0 Å². The van der Waals surface area contributed by atoms with Gasteiger partial charge in [0.1, 0.15) is 0 Å². The van der Waals surface area contributed by atoms with Gasteiger partial charge >= 0.3 is 0 Å².